The standard InChI is InChI=1S/C9H16O/c1-3-5-9(6-7-9)8(10)4-2/h4,8,10H,2-3,5-7H2,1H3. The van der Waals surface area contributed by atoms with Crippen molar-refractivity contribution < 1.29 is 5.11 Å². The van der Waals surface area contributed by atoms with E-state index >= 15 is 0 Å². The third kappa shape index (κ3) is 1.24. The van der Waals surface area contributed by atoms with Crippen LogP contribution >= 0.6 is 0 Å². The molecule has 1 heteroatoms. The lowest BCUT2D eigenvalue weighted by molar-refractivity contribution is 0.130. The van der Waals surface area contributed by atoms with Crippen LogP contribution in [0, 0.1) is 5.41 Å². The van der Waals surface area contributed by atoms with E-state index in [1.807, 2.05) is 0 Å². The van der Waals surface area contributed by atoms with Gasteiger partial charge in [0.1, 0.15) is 0 Å². The number of hydrogen-bond acceptors (Lipinski definition) is 1. The van der Waals surface area contributed by atoms with Crippen molar-refractivity contribution in [2.24, 2.45) is 5.41 Å². The summed E-state index contributed by atoms with van der Waals surface area (Å²) in [5.74, 6) is 0. The summed E-state index contributed by atoms with van der Waals surface area (Å²) < 4.78 is 0. The first-order valence-corrected chi connectivity index (χ1v) is 4.06. The molecule has 0 bridgehead atoms. The lowest BCUT2D eigenvalue weighted by Crippen LogP contribution is -2.18. The van der Waals surface area contributed by atoms with Crippen LogP contribution in [0.15, 0.2) is 12.7 Å². The summed E-state index contributed by atoms with van der Waals surface area (Å²) in [4.78, 5) is 0. The lowest BCUT2D eigenvalue weighted by atomic mass is 9.94. The predicted molar refractivity (Wildman–Crippen MR) is 42.8 cm³/mol. The molecule has 58 valence electrons. The summed E-state index contributed by atoms with van der Waals surface area (Å²) in [5.41, 5.74) is 0.247. The van der Waals surface area contributed by atoms with Crippen molar-refractivity contribution in [2.75, 3.05) is 0 Å². The molecule has 0 amide bonds. The maximum Gasteiger partial charge on any atom is 0.0774 e. The molecule has 1 atom stereocenters. The highest BCUT2D eigenvalue weighted by Crippen LogP contribution is 2.52. The van der Waals surface area contributed by atoms with Crippen molar-refractivity contribution in [3.8, 4) is 0 Å². The quantitative estimate of drug-likeness (QED) is 0.593. The minimum absolute atomic E-state index is 0.247. The van der Waals surface area contributed by atoms with Gasteiger partial charge in [-0.25, -0.2) is 0 Å². The van der Waals surface area contributed by atoms with Crippen LogP contribution in [0.3, 0.4) is 0 Å². The van der Waals surface area contributed by atoms with Gasteiger partial charge in [-0.05, 0) is 24.7 Å². The van der Waals surface area contributed by atoms with Crippen molar-refractivity contribution in [1.29, 1.82) is 0 Å². The lowest BCUT2D eigenvalue weighted by Gasteiger charge is -2.17. The molecule has 0 aromatic carbocycles. The molecular formula is C9H16O. The summed E-state index contributed by atoms with van der Waals surface area (Å²) in [6.45, 7) is 5.76. The monoisotopic (exact) mass is 140 g/mol. The summed E-state index contributed by atoms with van der Waals surface area (Å²) in [6.07, 6.45) is 6.11. The Balaban J connectivity index is 2.42. The van der Waals surface area contributed by atoms with Crippen LogP contribution < -0.4 is 0 Å². The van der Waals surface area contributed by atoms with Gasteiger partial charge in [-0.15, -0.1) is 6.58 Å². The predicted octanol–water partition coefficient (Wildman–Crippen LogP) is 2.11. The van der Waals surface area contributed by atoms with Crippen LogP contribution in [0.5, 0.6) is 0 Å². The molecule has 1 rings (SSSR count). The zero-order valence-electron chi connectivity index (χ0n) is 6.64. The zero-order valence-corrected chi connectivity index (χ0v) is 6.64. The average Bonchev–Trinajstić information content (AvgIpc) is 2.69. The SMILES string of the molecule is C=CC(O)C1(CCC)CC1. The van der Waals surface area contributed by atoms with E-state index < -0.39 is 0 Å². The minimum Gasteiger partial charge on any atom is -0.388 e. The number of hydrogen-bond donors (Lipinski definition) is 1. The largest absolute Gasteiger partial charge is 0.388 e. The molecular weight excluding hydrogens is 124 g/mol. The van der Waals surface area contributed by atoms with Gasteiger partial charge in [0.05, 0.1) is 6.10 Å². The number of rotatable bonds is 4. The first-order valence-electron chi connectivity index (χ1n) is 4.06. The van der Waals surface area contributed by atoms with Gasteiger partial charge in [0.2, 0.25) is 0 Å². The van der Waals surface area contributed by atoms with Crippen molar-refractivity contribution in [2.45, 2.75) is 38.7 Å². The highest BCUT2D eigenvalue weighted by atomic mass is 16.3. The summed E-state index contributed by atoms with van der Waals surface area (Å²) in [6, 6.07) is 0. The molecule has 0 aromatic rings. The third-order valence-corrected chi connectivity index (χ3v) is 2.49. The molecule has 0 saturated heterocycles. The number of aliphatic hydroxyl groups is 1. The van der Waals surface area contributed by atoms with E-state index in [0.29, 0.717) is 0 Å². The molecule has 0 radical (unpaired) electrons. The highest BCUT2D eigenvalue weighted by molar-refractivity contribution is 5.04. The molecule has 1 nitrogen and oxygen atoms in total. The smallest absolute Gasteiger partial charge is 0.0774 e. The summed E-state index contributed by atoms with van der Waals surface area (Å²) in [7, 11) is 0. The van der Waals surface area contributed by atoms with Gasteiger partial charge < -0.3 is 5.11 Å². The van der Waals surface area contributed by atoms with Crippen molar-refractivity contribution in [3.05, 3.63) is 12.7 Å². The zero-order chi connectivity index (χ0) is 7.61. The van der Waals surface area contributed by atoms with Gasteiger partial charge in [-0.1, -0.05) is 19.4 Å². The van der Waals surface area contributed by atoms with Crippen LogP contribution in [0.2, 0.25) is 0 Å². The van der Waals surface area contributed by atoms with Crippen molar-refractivity contribution in [3.63, 3.8) is 0 Å². The Morgan fingerprint density at radius 3 is 2.60 bits per heavy atom. The molecule has 0 heterocycles. The molecule has 0 spiro atoms. The van der Waals surface area contributed by atoms with Gasteiger partial charge in [0.15, 0.2) is 0 Å². The van der Waals surface area contributed by atoms with Crippen LogP contribution in [-0.2, 0) is 0 Å². The van der Waals surface area contributed by atoms with E-state index in [9.17, 15) is 5.11 Å². The van der Waals surface area contributed by atoms with Crippen LogP contribution in [0.1, 0.15) is 32.6 Å². The van der Waals surface area contributed by atoms with Gasteiger partial charge in [-0.3, -0.25) is 0 Å². The van der Waals surface area contributed by atoms with E-state index in [2.05, 4.69) is 13.5 Å². The molecule has 1 N–H and O–H groups in total. The summed E-state index contributed by atoms with van der Waals surface area (Å²) >= 11 is 0. The number of aliphatic hydroxyl groups excluding tert-OH is 1. The van der Waals surface area contributed by atoms with E-state index in [1.165, 1.54) is 19.3 Å². The second-order valence-electron chi connectivity index (χ2n) is 3.29. The normalized spacial score (nSPS) is 23.8. The van der Waals surface area contributed by atoms with E-state index in [0.717, 1.165) is 6.42 Å². The Bertz CT molecular complexity index is 125. The van der Waals surface area contributed by atoms with Crippen LogP contribution in [0.25, 0.3) is 0 Å². The first kappa shape index (κ1) is 7.80. The molecule has 1 fully saturated rings. The Labute approximate surface area is 62.8 Å². The second-order valence-corrected chi connectivity index (χ2v) is 3.29. The molecule has 1 unspecified atom stereocenters. The van der Waals surface area contributed by atoms with Gasteiger partial charge in [-0.2, -0.15) is 0 Å². The Morgan fingerprint density at radius 1 is 1.70 bits per heavy atom. The Hall–Kier alpha value is -0.300. The molecule has 10 heavy (non-hydrogen) atoms. The summed E-state index contributed by atoms with van der Waals surface area (Å²) in [5, 5.41) is 9.46. The molecule has 1 saturated carbocycles. The van der Waals surface area contributed by atoms with E-state index in [4.69, 9.17) is 0 Å². The average molecular weight is 140 g/mol. The topological polar surface area (TPSA) is 20.2 Å². The molecule has 1 aliphatic carbocycles. The van der Waals surface area contributed by atoms with Crippen molar-refractivity contribution in [1.82, 2.24) is 0 Å². The fraction of sp³-hybridized carbons (Fsp3) is 0.778. The van der Waals surface area contributed by atoms with Crippen LogP contribution in [0.4, 0.5) is 0 Å². The maximum absolute atomic E-state index is 9.46. The molecule has 0 aromatic heterocycles. The maximum atomic E-state index is 9.46. The minimum atomic E-state index is -0.257. The van der Waals surface area contributed by atoms with Gasteiger partial charge in [0, 0.05) is 0 Å². The first-order chi connectivity index (χ1) is 4.75. The Kier molecular flexibility index (Phi) is 2.14. The molecule has 0 aliphatic heterocycles. The van der Waals surface area contributed by atoms with E-state index in [1.54, 1.807) is 6.08 Å². The second kappa shape index (κ2) is 2.75. The Morgan fingerprint density at radius 2 is 2.30 bits per heavy atom. The van der Waals surface area contributed by atoms with Crippen LogP contribution in [-0.4, -0.2) is 11.2 Å². The fourth-order valence-corrected chi connectivity index (χ4v) is 1.60. The van der Waals surface area contributed by atoms with Gasteiger partial charge >= 0.3 is 0 Å². The highest BCUT2D eigenvalue weighted by Gasteiger charge is 2.46. The molecule has 1 aliphatic rings. The van der Waals surface area contributed by atoms with Crippen molar-refractivity contribution >= 4 is 0 Å². The van der Waals surface area contributed by atoms with E-state index in [-0.39, 0.29) is 11.5 Å². The van der Waals surface area contributed by atoms with Gasteiger partial charge in [0.25, 0.3) is 0 Å². The fourth-order valence-electron chi connectivity index (χ4n) is 1.60. The third-order valence-electron chi connectivity index (χ3n) is 2.49.